The maximum Gasteiger partial charge on any atom is 0.243 e. The van der Waals surface area contributed by atoms with Crippen LogP contribution in [0, 0.1) is 0 Å². The van der Waals surface area contributed by atoms with Crippen LogP contribution in [0.15, 0.2) is 29.2 Å². The molecule has 0 spiro atoms. The van der Waals surface area contributed by atoms with Gasteiger partial charge in [-0.05, 0) is 57.0 Å². The highest BCUT2D eigenvalue weighted by molar-refractivity contribution is 7.89. The highest BCUT2D eigenvalue weighted by atomic mass is 32.2. The summed E-state index contributed by atoms with van der Waals surface area (Å²) in [4.78, 5) is 0.376. The van der Waals surface area contributed by atoms with Gasteiger partial charge in [0, 0.05) is 13.1 Å². The maximum absolute atomic E-state index is 12.5. The fourth-order valence-corrected chi connectivity index (χ4v) is 3.52. The summed E-state index contributed by atoms with van der Waals surface area (Å²) in [5, 5.41) is 3.29. The second-order valence-electron chi connectivity index (χ2n) is 5.38. The molecule has 0 amide bonds. The van der Waals surface area contributed by atoms with Gasteiger partial charge in [-0.25, -0.2) is 8.42 Å². The number of sulfonamides is 1. The summed E-state index contributed by atoms with van der Waals surface area (Å²) in [5.41, 5.74) is 1.18. The van der Waals surface area contributed by atoms with E-state index in [0.717, 1.165) is 32.4 Å². The molecule has 21 heavy (non-hydrogen) atoms. The minimum atomic E-state index is -3.38. The molecule has 1 N–H and O–H groups in total. The topological polar surface area (TPSA) is 49.4 Å². The Morgan fingerprint density at radius 1 is 1.19 bits per heavy atom. The number of rotatable bonds is 9. The molecule has 0 aromatic heterocycles. The van der Waals surface area contributed by atoms with Gasteiger partial charge in [0.25, 0.3) is 0 Å². The third-order valence-corrected chi connectivity index (χ3v) is 5.87. The average molecular weight is 312 g/mol. The molecule has 0 saturated heterocycles. The normalized spacial score (nSPS) is 13.6. The predicted molar refractivity (Wildman–Crippen MR) is 88.0 cm³/mol. The molecule has 0 radical (unpaired) electrons. The molecule has 0 aliphatic carbocycles. The van der Waals surface area contributed by atoms with Crippen LogP contribution < -0.4 is 5.32 Å². The Bertz CT molecular complexity index is 512. The van der Waals surface area contributed by atoms with E-state index in [0.29, 0.717) is 4.90 Å². The van der Waals surface area contributed by atoms with Crippen LogP contribution in [0.25, 0.3) is 0 Å². The van der Waals surface area contributed by atoms with E-state index in [9.17, 15) is 8.42 Å². The van der Waals surface area contributed by atoms with Crippen molar-refractivity contribution in [3.05, 3.63) is 29.8 Å². The van der Waals surface area contributed by atoms with Gasteiger partial charge in [-0.15, -0.1) is 0 Å². The molecular weight excluding hydrogens is 284 g/mol. The Kier molecular flexibility index (Phi) is 7.35. The number of aryl methyl sites for hydroxylation is 1. The van der Waals surface area contributed by atoms with Gasteiger partial charge >= 0.3 is 0 Å². The highest BCUT2D eigenvalue weighted by Crippen LogP contribution is 2.18. The molecule has 1 unspecified atom stereocenters. The fraction of sp³-hybridized carbons (Fsp3) is 0.625. The molecular formula is C16H28N2O2S. The van der Waals surface area contributed by atoms with Gasteiger partial charge in [0.2, 0.25) is 10.0 Å². The van der Waals surface area contributed by atoms with Gasteiger partial charge in [0.1, 0.15) is 0 Å². The number of hydrogen-bond donors (Lipinski definition) is 1. The second-order valence-corrected chi connectivity index (χ2v) is 7.38. The summed E-state index contributed by atoms with van der Waals surface area (Å²) in [5.74, 6) is 0. The Morgan fingerprint density at radius 3 is 2.33 bits per heavy atom. The van der Waals surface area contributed by atoms with Crippen molar-refractivity contribution < 1.29 is 8.42 Å². The largest absolute Gasteiger partial charge is 0.317 e. The third-order valence-electron chi connectivity index (χ3n) is 3.88. The van der Waals surface area contributed by atoms with Gasteiger partial charge in [-0.2, -0.15) is 4.31 Å². The lowest BCUT2D eigenvalue weighted by Gasteiger charge is -2.23. The summed E-state index contributed by atoms with van der Waals surface area (Å²) >= 11 is 0. The van der Waals surface area contributed by atoms with Crippen molar-refractivity contribution in [2.24, 2.45) is 0 Å². The lowest BCUT2D eigenvalue weighted by Crippen LogP contribution is -2.34. The van der Waals surface area contributed by atoms with Gasteiger partial charge in [-0.1, -0.05) is 26.0 Å². The molecule has 0 saturated carbocycles. The number of hydrogen-bond acceptors (Lipinski definition) is 3. The van der Waals surface area contributed by atoms with Crippen molar-refractivity contribution in [1.82, 2.24) is 9.62 Å². The second kappa shape index (κ2) is 8.51. The monoisotopic (exact) mass is 312 g/mol. The minimum absolute atomic E-state index is 0.00907. The van der Waals surface area contributed by atoms with E-state index >= 15 is 0 Å². The Morgan fingerprint density at radius 2 is 1.81 bits per heavy atom. The molecule has 5 heteroatoms. The first kappa shape index (κ1) is 18.1. The molecule has 1 rings (SSSR count). The van der Waals surface area contributed by atoms with Crippen molar-refractivity contribution >= 4 is 10.0 Å². The van der Waals surface area contributed by atoms with E-state index in [1.165, 1.54) is 9.87 Å². The molecule has 1 aromatic carbocycles. The number of nitrogens with zero attached hydrogens (tertiary/aromatic N) is 1. The molecule has 0 aliphatic heterocycles. The Hall–Kier alpha value is -0.910. The molecule has 0 fully saturated rings. The number of benzene rings is 1. The lowest BCUT2D eigenvalue weighted by molar-refractivity contribution is 0.380. The van der Waals surface area contributed by atoms with E-state index in [-0.39, 0.29) is 6.04 Å². The van der Waals surface area contributed by atoms with Crippen LogP contribution in [-0.2, 0) is 16.4 Å². The zero-order chi connectivity index (χ0) is 15.9. The molecule has 0 heterocycles. The Labute approximate surface area is 129 Å². The van der Waals surface area contributed by atoms with Gasteiger partial charge < -0.3 is 5.32 Å². The van der Waals surface area contributed by atoms with Crippen LogP contribution in [0.3, 0.4) is 0 Å². The van der Waals surface area contributed by atoms with Crippen molar-refractivity contribution in [1.29, 1.82) is 0 Å². The molecule has 0 aliphatic rings. The van der Waals surface area contributed by atoms with E-state index in [1.54, 1.807) is 19.2 Å². The molecule has 0 bridgehead atoms. The Balaban J connectivity index is 2.73. The SMILES string of the molecule is CCNCCCc1ccc(S(=O)(=O)N(C)C(C)CC)cc1. The molecule has 1 aromatic rings. The van der Waals surface area contributed by atoms with Crippen molar-refractivity contribution in [3.63, 3.8) is 0 Å². The first-order valence-corrected chi connectivity index (χ1v) is 9.15. The van der Waals surface area contributed by atoms with Crippen LogP contribution in [0.1, 0.15) is 39.2 Å². The summed E-state index contributed by atoms with van der Waals surface area (Å²) < 4.78 is 26.4. The maximum atomic E-state index is 12.5. The zero-order valence-corrected chi connectivity index (χ0v) is 14.4. The van der Waals surface area contributed by atoms with Crippen LogP contribution in [0.2, 0.25) is 0 Å². The summed E-state index contributed by atoms with van der Waals surface area (Å²) in [7, 11) is -1.73. The molecule has 4 nitrogen and oxygen atoms in total. The lowest BCUT2D eigenvalue weighted by atomic mass is 10.1. The average Bonchev–Trinajstić information content (AvgIpc) is 2.50. The smallest absolute Gasteiger partial charge is 0.243 e. The van der Waals surface area contributed by atoms with E-state index in [2.05, 4.69) is 12.2 Å². The third kappa shape index (κ3) is 5.09. The van der Waals surface area contributed by atoms with E-state index < -0.39 is 10.0 Å². The fourth-order valence-electron chi connectivity index (χ4n) is 2.08. The minimum Gasteiger partial charge on any atom is -0.317 e. The summed E-state index contributed by atoms with van der Waals surface area (Å²) in [6, 6.07) is 7.29. The first-order chi connectivity index (χ1) is 9.93. The van der Waals surface area contributed by atoms with Crippen LogP contribution in [0.5, 0.6) is 0 Å². The van der Waals surface area contributed by atoms with Crippen LogP contribution >= 0.6 is 0 Å². The first-order valence-electron chi connectivity index (χ1n) is 7.71. The predicted octanol–water partition coefficient (Wildman–Crippen LogP) is 2.65. The molecule has 1 atom stereocenters. The van der Waals surface area contributed by atoms with Crippen molar-refractivity contribution in [3.8, 4) is 0 Å². The van der Waals surface area contributed by atoms with Gasteiger partial charge in [-0.3, -0.25) is 0 Å². The van der Waals surface area contributed by atoms with Crippen molar-refractivity contribution in [2.45, 2.75) is 51.0 Å². The van der Waals surface area contributed by atoms with E-state index in [1.807, 2.05) is 26.0 Å². The quantitative estimate of drug-likeness (QED) is 0.713. The van der Waals surface area contributed by atoms with Crippen molar-refractivity contribution in [2.75, 3.05) is 20.1 Å². The van der Waals surface area contributed by atoms with Crippen LogP contribution in [-0.4, -0.2) is 38.9 Å². The number of nitrogens with one attached hydrogen (secondary N) is 1. The summed E-state index contributed by atoms with van der Waals surface area (Å²) in [6.45, 7) is 7.98. The highest BCUT2D eigenvalue weighted by Gasteiger charge is 2.24. The van der Waals surface area contributed by atoms with E-state index in [4.69, 9.17) is 0 Å². The van der Waals surface area contributed by atoms with Crippen LogP contribution in [0.4, 0.5) is 0 Å². The standard InChI is InChI=1S/C16H28N2O2S/c1-5-14(3)18(4)21(19,20)16-11-9-15(10-12-16)8-7-13-17-6-2/h9-12,14,17H,5-8,13H2,1-4H3. The summed E-state index contributed by atoms with van der Waals surface area (Å²) in [6.07, 6.45) is 2.83. The zero-order valence-electron chi connectivity index (χ0n) is 13.6. The molecule has 120 valence electrons. The van der Waals surface area contributed by atoms with Gasteiger partial charge in [0.05, 0.1) is 4.90 Å². The van der Waals surface area contributed by atoms with Gasteiger partial charge in [0.15, 0.2) is 0 Å².